The lowest BCUT2D eigenvalue weighted by Crippen LogP contribution is -2.15. The second kappa shape index (κ2) is 6.62. The summed E-state index contributed by atoms with van der Waals surface area (Å²) < 4.78 is 0. The molecule has 0 spiro atoms. The van der Waals surface area contributed by atoms with E-state index in [1.807, 2.05) is 12.1 Å². The standard InChI is InChI=1S/C17H17ClN2O2/c1-10(2)11-3-5-12(6-4-11)17(22)20-13-7-8-15(18)14(9-13)16(19)21/h3-10H,1-2H3,(H2,19,21)(H,20,22). The van der Waals surface area contributed by atoms with Crippen molar-refractivity contribution in [2.75, 3.05) is 5.32 Å². The van der Waals surface area contributed by atoms with Gasteiger partial charge in [0.05, 0.1) is 10.6 Å². The summed E-state index contributed by atoms with van der Waals surface area (Å²) in [6, 6.07) is 12.0. The molecule has 0 aliphatic heterocycles. The number of nitrogens with one attached hydrogen (secondary N) is 1. The van der Waals surface area contributed by atoms with E-state index in [2.05, 4.69) is 19.2 Å². The molecular weight excluding hydrogens is 300 g/mol. The molecule has 2 rings (SSSR count). The van der Waals surface area contributed by atoms with E-state index in [0.717, 1.165) is 0 Å². The Morgan fingerprint density at radius 2 is 1.73 bits per heavy atom. The van der Waals surface area contributed by atoms with Gasteiger partial charge in [-0.3, -0.25) is 9.59 Å². The molecule has 0 unspecified atom stereocenters. The Kier molecular flexibility index (Phi) is 4.83. The maximum Gasteiger partial charge on any atom is 0.255 e. The fraction of sp³-hybridized carbons (Fsp3) is 0.176. The van der Waals surface area contributed by atoms with E-state index >= 15 is 0 Å². The van der Waals surface area contributed by atoms with Crippen LogP contribution in [-0.2, 0) is 0 Å². The van der Waals surface area contributed by atoms with Gasteiger partial charge in [0.1, 0.15) is 0 Å². The van der Waals surface area contributed by atoms with Crippen molar-refractivity contribution in [1.82, 2.24) is 0 Å². The molecule has 0 bridgehead atoms. The Morgan fingerprint density at radius 3 is 2.27 bits per heavy atom. The number of benzene rings is 2. The Balaban J connectivity index is 2.18. The highest BCUT2D eigenvalue weighted by molar-refractivity contribution is 6.34. The fourth-order valence-electron chi connectivity index (χ4n) is 2.01. The fourth-order valence-corrected chi connectivity index (χ4v) is 2.23. The average Bonchev–Trinajstić information content (AvgIpc) is 2.49. The first kappa shape index (κ1) is 16.0. The van der Waals surface area contributed by atoms with Crippen LogP contribution in [0.3, 0.4) is 0 Å². The highest BCUT2D eigenvalue weighted by Gasteiger charge is 2.11. The lowest BCUT2D eigenvalue weighted by atomic mass is 10.0. The molecule has 0 saturated heterocycles. The highest BCUT2D eigenvalue weighted by atomic mass is 35.5. The Labute approximate surface area is 134 Å². The number of amides is 2. The largest absolute Gasteiger partial charge is 0.366 e. The Morgan fingerprint density at radius 1 is 1.09 bits per heavy atom. The van der Waals surface area contributed by atoms with Crippen molar-refractivity contribution < 1.29 is 9.59 Å². The SMILES string of the molecule is CC(C)c1ccc(C(=O)Nc2ccc(Cl)c(C(N)=O)c2)cc1. The van der Waals surface area contributed by atoms with Gasteiger partial charge < -0.3 is 11.1 Å². The Bertz CT molecular complexity index is 709. The van der Waals surface area contributed by atoms with Crippen LogP contribution in [0.5, 0.6) is 0 Å². The molecule has 2 amide bonds. The van der Waals surface area contributed by atoms with Gasteiger partial charge in [0, 0.05) is 11.3 Å². The van der Waals surface area contributed by atoms with Crippen LogP contribution in [0.15, 0.2) is 42.5 Å². The molecular formula is C17H17ClN2O2. The number of carbonyl (C=O) groups is 2. The number of hydrogen-bond donors (Lipinski definition) is 2. The quantitative estimate of drug-likeness (QED) is 0.900. The molecule has 0 radical (unpaired) electrons. The molecule has 0 aliphatic carbocycles. The van der Waals surface area contributed by atoms with E-state index in [-0.39, 0.29) is 16.5 Å². The lowest BCUT2D eigenvalue weighted by Gasteiger charge is -2.09. The second-order valence-electron chi connectivity index (χ2n) is 5.29. The van der Waals surface area contributed by atoms with Gasteiger partial charge in [0.25, 0.3) is 5.91 Å². The summed E-state index contributed by atoms with van der Waals surface area (Å²) in [5.74, 6) is -0.484. The normalized spacial score (nSPS) is 10.5. The molecule has 3 N–H and O–H groups in total. The third-order valence-corrected chi connectivity index (χ3v) is 3.66. The third-order valence-electron chi connectivity index (χ3n) is 3.33. The molecule has 0 heterocycles. The van der Waals surface area contributed by atoms with Crippen LogP contribution < -0.4 is 11.1 Å². The van der Waals surface area contributed by atoms with Crippen molar-refractivity contribution in [3.05, 3.63) is 64.2 Å². The van der Waals surface area contributed by atoms with Gasteiger partial charge in [0.15, 0.2) is 0 Å². The zero-order valence-corrected chi connectivity index (χ0v) is 13.1. The number of carbonyl (C=O) groups excluding carboxylic acids is 2. The smallest absolute Gasteiger partial charge is 0.255 e. The summed E-state index contributed by atoms with van der Waals surface area (Å²) in [6.45, 7) is 4.18. The summed E-state index contributed by atoms with van der Waals surface area (Å²) in [7, 11) is 0. The minimum atomic E-state index is -0.637. The van der Waals surface area contributed by atoms with E-state index in [4.69, 9.17) is 17.3 Å². The van der Waals surface area contributed by atoms with Crippen LogP contribution in [0.25, 0.3) is 0 Å². The van der Waals surface area contributed by atoms with Crippen molar-refractivity contribution in [1.29, 1.82) is 0 Å². The number of halogens is 1. The molecule has 22 heavy (non-hydrogen) atoms. The van der Waals surface area contributed by atoms with Gasteiger partial charge in [-0.05, 0) is 41.8 Å². The first-order valence-corrected chi connectivity index (χ1v) is 7.27. The molecule has 0 saturated carbocycles. The monoisotopic (exact) mass is 316 g/mol. The minimum absolute atomic E-state index is 0.176. The first-order valence-electron chi connectivity index (χ1n) is 6.89. The molecule has 0 atom stereocenters. The summed E-state index contributed by atoms with van der Waals surface area (Å²) >= 11 is 5.88. The van der Waals surface area contributed by atoms with Crippen molar-refractivity contribution in [3.63, 3.8) is 0 Å². The second-order valence-corrected chi connectivity index (χ2v) is 5.70. The summed E-state index contributed by atoms with van der Waals surface area (Å²) in [5, 5.41) is 2.98. The maximum absolute atomic E-state index is 12.2. The minimum Gasteiger partial charge on any atom is -0.366 e. The van der Waals surface area contributed by atoms with E-state index in [1.54, 1.807) is 18.2 Å². The maximum atomic E-state index is 12.2. The molecule has 2 aromatic rings. The lowest BCUT2D eigenvalue weighted by molar-refractivity contribution is 0.0996. The van der Waals surface area contributed by atoms with Crippen LogP contribution >= 0.6 is 11.6 Å². The summed E-state index contributed by atoms with van der Waals surface area (Å²) in [5.41, 5.74) is 7.59. The van der Waals surface area contributed by atoms with E-state index < -0.39 is 5.91 Å². The number of anilines is 1. The molecule has 0 fully saturated rings. The van der Waals surface area contributed by atoms with Gasteiger partial charge >= 0.3 is 0 Å². The first-order chi connectivity index (χ1) is 10.4. The van der Waals surface area contributed by atoms with Crippen molar-refractivity contribution in [2.45, 2.75) is 19.8 Å². The van der Waals surface area contributed by atoms with Crippen LogP contribution in [0.2, 0.25) is 5.02 Å². The predicted molar refractivity (Wildman–Crippen MR) is 88.5 cm³/mol. The van der Waals surface area contributed by atoms with Crippen molar-refractivity contribution >= 4 is 29.1 Å². The van der Waals surface area contributed by atoms with Crippen molar-refractivity contribution in [2.24, 2.45) is 5.73 Å². The van der Waals surface area contributed by atoms with Crippen LogP contribution in [-0.4, -0.2) is 11.8 Å². The van der Waals surface area contributed by atoms with Gasteiger partial charge in [0.2, 0.25) is 5.91 Å². The number of nitrogens with two attached hydrogens (primary N) is 1. The highest BCUT2D eigenvalue weighted by Crippen LogP contribution is 2.21. The Hall–Kier alpha value is -2.33. The summed E-state index contributed by atoms with van der Waals surface area (Å²) in [6.07, 6.45) is 0. The number of rotatable bonds is 4. The number of primary amides is 1. The van der Waals surface area contributed by atoms with E-state index in [0.29, 0.717) is 17.2 Å². The molecule has 2 aromatic carbocycles. The van der Waals surface area contributed by atoms with Gasteiger partial charge in [-0.25, -0.2) is 0 Å². The van der Waals surface area contributed by atoms with Crippen LogP contribution in [0.4, 0.5) is 5.69 Å². The van der Waals surface area contributed by atoms with Gasteiger partial charge in [-0.2, -0.15) is 0 Å². The van der Waals surface area contributed by atoms with Crippen LogP contribution in [0.1, 0.15) is 46.0 Å². The average molecular weight is 317 g/mol. The zero-order valence-electron chi connectivity index (χ0n) is 12.4. The summed E-state index contributed by atoms with van der Waals surface area (Å²) in [4.78, 5) is 23.5. The van der Waals surface area contributed by atoms with Gasteiger partial charge in [-0.1, -0.05) is 37.6 Å². The molecule has 4 nitrogen and oxygen atoms in total. The molecule has 114 valence electrons. The zero-order chi connectivity index (χ0) is 16.3. The van der Waals surface area contributed by atoms with Crippen LogP contribution in [0, 0.1) is 0 Å². The van der Waals surface area contributed by atoms with E-state index in [1.165, 1.54) is 17.7 Å². The van der Waals surface area contributed by atoms with Gasteiger partial charge in [-0.15, -0.1) is 0 Å². The number of hydrogen-bond acceptors (Lipinski definition) is 2. The molecule has 0 aromatic heterocycles. The third kappa shape index (κ3) is 3.65. The molecule has 5 heteroatoms. The van der Waals surface area contributed by atoms with E-state index in [9.17, 15) is 9.59 Å². The molecule has 0 aliphatic rings. The van der Waals surface area contributed by atoms with Crippen molar-refractivity contribution in [3.8, 4) is 0 Å². The topological polar surface area (TPSA) is 72.2 Å². The predicted octanol–water partition coefficient (Wildman–Crippen LogP) is 3.81.